The predicted octanol–water partition coefficient (Wildman–Crippen LogP) is 3.79. The summed E-state index contributed by atoms with van der Waals surface area (Å²) in [6.45, 7) is 7.99. The first-order valence-corrected chi connectivity index (χ1v) is 11.4. The topological polar surface area (TPSA) is 96.0 Å². The number of rotatable bonds is 3. The summed E-state index contributed by atoms with van der Waals surface area (Å²) in [6, 6.07) is 13.2. The number of benzene rings is 2. The van der Waals surface area contributed by atoms with Crippen LogP contribution in [0.25, 0.3) is 5.57 Å². The van der Waals surface area contributed by atoms with Gasteiger partial charge >= 0.3 is 6.09 Å². The molecule has 3 amide bonds. The zero-order chi connectivity index (χ0) is 25.7. The van der Waals surface area contributed by atoms with E-state index in [1.54, 1.807) is 76.3 Å². The Hall–Kier alpha value is -3.94. The number of likely N-dealkylation sites (N-methyl/N-ethyl adjacent to an activating group) is 1. The number of anilines is 2. The zero-order valence-corrected chi connectivity index (χ0v) is 20.7. The van der Waals surface area contributed by atoms with Gasteiger partial charge in [0.15, 0.2) is 11.3 Å². The van der Waals surface area contributed by atoms with E-state index in [2.05, 4.69) is 5.32 Å². The molecule has 4 rings (SSSR count). The summed E-state index contributed by atoms with van der Waals surface area (Å²) in [6.07, 6.45) is 0.622. The first-order valence-electron chi connectivity index (χ1n) is 11.4. The molecule has 0 radical (unpaired) electrons. The number of para-hydroxylation sites is 2. The third-order valence-corrected chi connectivity index (χ3v) is 6.17. The fourth-order valence-corrected chi connectivity index (χ4v) is 5.01. The molecule has 0 aromatic heterocycles. The van der Waals surface area contributed by atoms with Crippen LogP contribution in [0.5, 0.6) is 0 Å². The van der Waals surface area contributed by atoms with E-state index in [1.165, 1.54) is 29.7 Å². The van der Waals surface area contributed by atoms with Gasteiger partial charge in [0, 0.05) is 30.8 Å². The van der Waals surface area contributed by atoms with Gasteiger partial charge in [-0.3, -0.25) is 14.4 Å². The fourth-order valence-electron chi connectivity index (χ4n) is 5.01. The van der Waals surface area contributed by atoms with Gasteiger partial charge in [-0.05, 0) is 51.5 Å². The van der Waals surface area contributed by atoms with Crippen LogP contribution in [0, 0.1) is 0 Å². The van der Waals surface area contributed by atoms with Gasteiger partial charge in [0.25, 0.3) is 5.91 Å². The van der Waals surface area contributed by atoms with E-state index in [9.17, 15) is 19.2 Å². The fraction of sp³-hybridized carbons (Fsp3) is 0.333. The summed E-state index contributed by atoms with van der Waals surface area (Å²) in [5.74, 6) is -1.02. The Morgan fingerprint density at radius 1 is 1.00 bits per heavy atom. The van der Waals surface area contributed by atoms with E-state index >= 15 is 0 Å². The average Bonchev–Trinajstić information content (AvgIpc) is 3.19. The van der Waals surface area contributed by atoms with Crippen molar-refractivity contribution in [3.63, 3.8) is 0 Å². The van der Waals surface area contributed by atoms with E-state index in [0.29, 0.717) is 28.1 Å². The van der Waals surface area contributed by atoms with Crippen LogP contribution in [-0.2, 0) is 24.7 Å². The summed E-state index contributed by atoms with van der Waals surface area (Å²) < 4.78 is 5.56. The van der Waals surface area contributed by atoms with Crippen molar-refractivity contribution in [2.75, 3.05) is 16.8 Å². The minimum absolute atomic E-state index is 0.246. The molecule has 0 fully saturated rings. The summed E-state index contributed by atoms with van der Waals surface area (Å²) in [5.41, 5.74) is 0.218. The van der Waals surface area contributed by atoms with Crippen LogP contribution in [-0.4, -0.2) is 42.4 Å². The van der Waals surface area contributed by atoms with E-state index in [-0.39, 0.29) is 11.7 Å². The number of allylic oxidation sites excluding steroid dienone is 1. The monoisotopic (exact) mass is 475 g/mol. The number of hydrogen-bond acceptors (Lipinski definition) is 5. The second-order valence-electron chi connectivity index (χ2n) is 9.84. The van der Waals surface area contributed by atoms with Crippen LogP contribution in [0.1, 0.15) is 45.7 Å². The third-order valence-electron chi connectivity index (χ3n) is 6.17. The first-order chi connectivity index (χ1) is 16.4. The van der Waals surface area contributed by atoms with Crippen LogP contribution in [0.2, 0.25) is 0 Å². The number of ether oxygens (including phenoxy) is 1. The van der Waals surface area contributed by atoms with Crippen molar-refractivity contribution in [1.82, 2.24) is 5.32 Å². The molecule has 2 aromatic rings. The molecule has 8 nitrogen and oxygen atoms in total. The maximum Gasteiger partial charge on any atom is 0.408 e. The molecule has 8 heteroatoms. The van der Waals surface area contributed by atoms with Crippen LogP contribution in [0.3, 0.4) is 0 Å². The lowest BCUT2D eigenvalue weighted by Gasteiger charge is -2.40. The maximum atomic E-state index is 14.1. The number of nitrogens with zero attached hydrogens (tertiary/aromatic N) is 2. The molecule has 0 bridgehead atoms. The van der Waals surface area contributed by atoms with E-state index in [1.807, 2.05) is 0 Å². The minimum atomic E-state index is -1.74. The van der Waals surface area contributed by atoms with Crippen LogP contribution >= 0.6 is 0 Å². The molecule has 2 heterocycles. The van der Waals surface area contributed by atoms with Crippen LogP contribution in [0.15, 0.2) is 54.6 Å². The Bertz CT molecular complexity index is 1280. The lowest BCUT2D eigenvalue weighted by molar-refractivity contribution is -0.125. The Balaban J connectivity index is 2.04. The molecule has 2 aliphatic heterocycles. The summed E-state index contributed by atoms with van der Waals surface area (Å²) in [4.78, 5) is 55.8. The predicted molar refractivity (Wildman–Crippen MR) is 133 cm³/mol. The molecule has 0 saturated heterocycles. The molecular weight excluding hydrogens is 446 g/mol. The van der Waals surface area contributed by atoms with Crippen molar-refractivity contribution in [2.24, 2.45) is 0 Å². The first kappa shape index (κ1) is 24.2. The normalized spacial score (nSPS) is 22.2. The van der Waals surface area contributed by atoms with Gasteiger partial charge in [-0.1, -0.05) is 36.4 Å². The summed E-state index contributed by atoms with van der Waals surface area (Å²) in [5, 5.41) is 2.85. The smallest absolute Gasteiger partial charge is 0.408 e. The second-order valence-corrected chi connectivity index (χ2v) is 9.84. The number of alkyl carbamates (subject to hydrolysis) is 1. The largest absolute Gasteiger partial charge is 0.444 e. The molecule has 182 valence electrons. The average molecular weight is 476 g/mol. The number of fused-ring (bicyclic) bond motifs is 2. The molecule has 0 saturated carbocycles. The van der Waals surface area contributed by atoms with E-state index < -0.39 is 29.2 Å². The lowest BCUT2D eigenvalue weighted by atomic mass is 9.78. The van der Waals surface area contributed by atoms with Crippen LogP contribution < -0.4 is 15.1 Å². The highest BCUT2D eigenvalue weighted by atomic mass is 16.6. The van der Waals surface area contributed by atoms with Gasteiger partial charge in [-0.25, -0.2) is 4.79 Å². The number of carbonyl (C=O) groups is 4. The number of ketones is 1. The van der Waals surface area contributed by atoms with Crippen LogP contribution in [0.4, 0.5) is 16.2 Å². The summed E-state index contributed by atoms with van der Waals surface area (Å²) in [7, 11) is 1.62. The van der Waals surface area contributed by atoms with Crippen molar-refractivity contribution >= 4 is 40.6 Å². The van der Waals surface area contributed by atoms with Gasteiger partial charge in [0.1, 0.15) is 5.60 Å². The van der Waals surface area contributed by atoms with Crippen molar-refractivity contribution in [2.45, 2.75) is 51.8 Å². The Morgan fingerprint density at radius 2 is 1.60 bits per heavy atom. The summed E-state index contributed by atoms with van der Waals surface area (Å²) >= 11 is 0. The third kappa shape index (κ3) is 3.88. The quantitative estimate of drug-likeness (QED) is 0.682. The van der Waals surface area contributed by atoms with Crippen molar-refractivity contribution in [3.8, 4) is 0 Å². The molecule has 2 aromatic carbocycles. The van der Waals surface area contributed by atoms with Gasteiger partial charge < -0.3 is 19.9 Å². The van der Waals surface area contributed by atoms with Crippen molar-refractivity contribution in [3.05, 3.63) is 65.7 Å². The molecule has 2 atom stereocenters. The Kier molecular flexibility index (Phi) is 5.79. The molecule has 2 aliphatic rings. The Morgan fingerprint density at radius 3 is 2.20 bits per heavy atom. The molecule has 0 unspecified atom stereocenters. The van der Waals surface area contributed by atoms with Gasteiger partial charge in [-0.2, -0.15) is 0 Å². The Labute approximate surface area is 204 Å². The molecule has 0 spiro atoms. The lowest BCUT2D eigenvalue weighted by Crippen LogP contribution is -2.64. The minimum Gasteiger partial charge on any atom is -0.444 e. The molecule has 35 heavy (non-hydrogen) atoms. The van der Waals surface area contributed by atoms with E-state index in [4.69, 9.17) is 4.74 Å². The highest BCUT2D eigenvalue weighted by Gasteiger charge is 2.62. The maximum absolute atomic E-state index is 14.1. The van der Waals surface area contributed by atoms with Crippen molar-refractivity contribution < 1.29 is 23.9 Å². The number of hydrogen-bond donors (Lipinski definition) is 1. The highest BCUT2D eigenvalue weighted by molar-refractivity contribution is 6.16. The van der Waals surface area contributed by atoms with E-state index in [0.717, 1.165) is 0 Å². The standard InChI is InChI=1S/C27H29N3O5/c1-16(31)15-19-18-11-7-9-13-21(18)30(17(2)32)23(19)27(28-25(34)35-26(3,4)5)20-12-8-10-14-22(20)29(6)24(27)33/h7-15,23H,1-6H3,(H,28,34)/b19-15-/t23-,27+/m1/s1. The number of nitrogens with one attached hydrogen (secondary N) is 1. The molecule has 0 aliphatic carbocycles. The van der Waals surface area contributed by atoms with Gasteiger partial charge in [-0.15, -0.1) is 0 Å². The number of amides is 3. The number of carbonyl (C=O) groups excluding carboxylic acids is 4. The van der Waals surface area contributed by atoms with Gasteiger partial charge in [0.05, 0.1) is 11.7 Å². The zero-order valence-electron chi connectivity index (χ0n) is 20.7. The highest BCUT2D eigenvalue weighted by Crippen LogP contribution is 2.52. The molecule has 1 N–H and O–H groups in total. The molecular formula is C27H29N3O5. The van der Waals surface area contributed by atoms with Crippen molar-refractivity contribution in [1.29, 1.82) is 0 Å². The second kappa shape index (κ2) is 8.37. The SMILES string of the molecule is CC(=O)/C=C1/c2ccccc2N(C(C)=O)[C@H]1[C@]1(NC(=O)OC(C)(C)C)C(=O)N(C)c2ccccc21. The van der Waals surface area contributed by atoms with Gasteiger partial charge in [0.2, 0.25) is 5.91 Å².